The molecule has 210 valence electrons. The zero-order chi connectivity index (χ0) is 29.5. The van der Waals surface area contributed by atoms with Crippen molar-refractivity contribution in [2.45, 2.75) is 30.8 Å². The topological polar surface area (TPSA) is 116 Å². The quantitative estimate of drug-likeness (QED) is 0.171. The number of benzene rings is 4. The van der Waals surface area contributed by atoms with Gasteiger partial charge in [-0.3, -0.25) is 4.79 Å². The van der Waals surface area contributed by atoms with Gasteiger partial charge in [0.15, 0.2) is 0 Å². The zero-order valence-corrected chi connectivity index (χ0v) is 23.8. The maximum absolute atomic E-state index is 13.1. The van der Waals surface area contributed by atoms with E-state index in [1.165, 1.54) is 0 Å². The Kier molecular flexibility index (Phi) is 8.58. The smallest absolute Gasteiger partial charge is 0.242 e. The molecular weight excluding hydrogens is 546 g/mol. The van der Waals surface area contributed by atoms with Crippen molar-refractivity contribution in [1.82, 2.24) is 14.7 Å². The Bertz CT molecular complexity index is 1890. The monoisotopic (exact) mass is 575 g/mol. The molecule has 0 radical (unpaired) electrons. The lowest BCUT2D eigenvalue weighted by Gasteiger charge is -2.18. The van der Waals surface area contributed by atoms with Gasteiger partial charge >= 0.3 is 0 Å². The van der Waals surface area contributed by atoms with E-state index in [0.29, 0.717) is 17.7 Å². The van der Waals surface area contributed by atoms with Crippen molar-refractivity contribution in [3.8, 4) is 6.07 Å². The van der Waals surface area contributed by atoms with Gasteiger partial charge in [0.25, 0.3) is 0 Å². The summed E-state index contributed by atoms with van der Waals surface area (Å²) in [5.41, 5.74) is 7.43. The minimum absolute atomic E-state index is 0.126. The zero-order valence-electron chi connectivity index (χ0n) is 22.9. The van der Waals surface area contributed by atoms with Gasteiger partial charge in [-0.1, -0.05) is 84.4 Å². The highest BCUT2D eigenvalue weighted by molar-refractivity contribution is 7.89. The van der Waals surface area contributed by atoms with Crippen LogP contribution in [0.15, 0.2) is 119 Å². The Morgan fingerprint density at radius 2 is 1.64 bits per heavy atom. The number of nitrogens with zero attached hydrogens (tertiary/aromatic N) is 3. The number of nitriles is 1. The van der Waals surface area contributed by atoms with Crippen LogP contribution in [0.2, 0.25) is 0 Å². The van der Waals surface area contributed by atoms with Gasteiger partial charge in [0.1, 0.15) is 0 Å². The van der Waals surface area contributed by atoms with Crippen LogP contribution in [0.4, 0.5) is 0 Å². The molecule has 0 saturated heterocycles. The molecule has 8 nitrogen and oxygen atoms in total. The van der Waals surface area contributed by atoms with E-state index in [2.05, 4.69) is 21.3 Å². The first-order valence-electron chi connectivity index (χ1n) is 13.4. The van der Waals surface area contributed by atoms with Gasteiger partial charge in [-0.25, -0.2) is 18.6 Å². The fraction of sp³-hybridized carbons (Fsp3) is 0.121. The standard InChI is InChI=1S/C33H29N5O3S/c1-24-15-17-29(18-16-24)42(40,41)37-31(25-9-3-2-4-10-25)19-33(39)36-35-21-28-23-38(32-14-8-7-13-30(28)32)22-27-12-6-5-11-26(27)20-34/h2-18,21,23,31,37H,19,22H2,1H3,(H,36,39)/b35-21-/t31-/m1/s1. The van der Waals surface area contributed by atoms with E-state index in [1.807, 2.05) is 66.2 Å². The van der Waals surface area contributed by atoms with Crippen molar-refractivity contribution >= 4 is 33.0 Å². The van der Waals surface area contributed by atoms with Gasteiger partial charge in [0, 0.05) is 35.6 Å². The van der Waals surface area contributed by atoms with E-state index >= 15 is 0 Å². The molecule has 0 aliphatic carbocycles. The first kappa shape index (κ1) is 28.5. The predicted octanol–water partition coefficient (Wildman–Crippen LogP) is 5.43. The molecule has 0 fully saturated rings. The van der Waals surface area contributed by atoms with Crippen LogP contribution in [0, 0.1) is 18.3 Å². The fourth-order valence-electron chi connectivity index (χ4n) is 4.75. The Balaban J connectivity index is 1.33. The number of carbonyl (C=O) groups excluding carboxylic acids is 1. The molecule has 4 aromatic carbocycles. The van der Waals surface area contributed by atoms with Gasteiger partial charge in [-0.15, -0.1) is 0 Å². The van der Waals surface area contributed by atoms with Crippen molar-refractivity contribution < 1.29 is 13.2 Å². The van der Waals surface area contributed by atoms with Crippen LogP contribution in [0.5, 0.6) is 0 Å². The number of amides is 1. The summed E-state index contributed by atoms with van der Waals surface area (Å²) in [6.45, 7) is 2.39. The Morgan fingerprint density at radius 3 is 2.40 bits per heavy atom. The van der Waals surface area contributed by atoms with E-state index in [1.54, 1.807) is 60.8 Å². The van der Waals surface area contributed by atoms with Crippen LogP contribution in [0.25, 0.3) is 10.9 Å². The predicted molar refractivity (Wildman–Crippen MR) is 163 cm³/mol. The summed E-state index contributed by atoms with van der Waals surface area (Å²) in [6.07, 6.45) is 3.34. The first-order chi connectivity index (χ1) is 20.3. The lowest BCUT2D eigenvalue weighted by atomic mass is 10.0. The highest BCUT2D eigenvalue weighted by atomic mass is 32.2. The average Bonchev–Trinajstić information content (AvgIpc) is 3.34. The largest absolute Gasteiger partial charge is 0.342 e. The number of hydrogen-bond donors (Lipinski definition) is 2. The van der Waals surface area contributed by atoms with Crippen LogP contribution in [0.3, 0.4) is 0 Å². The number of rotatable bonds is 10. The van der Waals surface area contributed by atoms with E-state index in [0.717, 1.165) is 27.6 Å². The van der Waals surface area contributed by atoms with Crippen molar-refractivity contribution in [1.29, 1.82) is 5.26 Å². The number of hydrazone groups is 1. The summed E-state index contributed by atoms with van der Waals surface area (Å²) in [5.74, 6) is -0.446. The molecule has 1 aromatic heterocycles. The Hall–Kier alpha value is -5.04. The van der Waals surface area contributed by atoms with Crippen LogP contribution >= 0.6 is 0 Å². The molecular formula is C33H29N5O3S. The number of fused-ring (bicyclic) bond motifs is 1. The summed E-state index contributed by atoms with van der Waals surface area (Å²) in [7, 11) is -3.88. The first-order valence-corrected chi connectivity index (χ1v) is 14.8. The van der Waals surface area contributed by atoms with Crippen LogP contribution in [-0.4, -0.2) is 25.1 Å². The molecule has 9 heteroatoms. The molecule has 1 amide bonds. The summed E-state index contributed by atoms with van der Waals surface area (Å²) in [6, 6.07) is 32.3. The number of sulfonamides is 1. The molecule has 0 saturated carbocycles. The Morgan fingerprint density at radius 1 is 0.952 bits per heavy atom. The molecule has 2 N–H and O–H groups in total. The van der Waals surface area contributed by atoms with Crippen molar-refractivity contribution in [2.75, 3.05) is 0 Å². The van der Waals surface area contributed by atoms with E-state index in [-0.39, 0.29) is 11.3 Å². The number of carbonyl (C=O) groups is 1. The van der Waals surface area contributed by atoms with Gasteiger partial charge in [0.05, 0.1) is 28.8 Å². The number of hydrogen-bond acceptors (Lipinski definition) is 5. The van der Waals surface area contributed by atoms with Gasteiger partial charge in [-0.2, -0.15) is 10.4 Å². The molecule has 1 atom stereocenters. The molecule has 0 aliphatic heterocycles. The maximum Gasteiger partial charge on any atom is 0.242 e. The third kappa shape index (κ3) is 6.63. The normalized spacial score (nSPS) is 12.3. The lowest BCUT2D eigenvalue weighted by molar-refractivity contribution is -0.121. The van der Waals surface area contributed by atoms with Gasteiger partial charge in [0.2, 0.25) is 15.9 Å². The highest BCUT2D eigenvalue weighted by Gasteiger charge is 2.23. The summed E-state index contributed by atoms with van der Waals surface area (Å²) >= 11 is 0. The third-order valence-electron chi connectivity index (χ3n) is 6.91. The molecule has 0 aliphatic rings. The molecule has 0 bridgehead atoms. The number of nitrogens with one attached hydrogen (secondary N) is 2. The fourth-order valence-corrected chi connectivity index (χ4v) is 5.97. The average molecular weight is 576 g/mol. The lowest BCUT2D eigenvalue weighted by Crippen LogP contribution is -2.32. The Labute approximate surface area is 245 Å². The van der Waals surface area contributed by atoms with Crippen LogP contribution < -0.4 is 10.1 Å². The van der Waals surface area contributed by atoms with Gasteiger partial charge in [-0.05, 0) is 42.3 Å². The third-order valence-corrected chi connectivity index (χ3v) is 8.40. The van der Waals surface area contributed by atoms with Crippen LogP contribution in [-0.2, 0) is 21.4 Å². The van der Waals surface area contributed by atoms with E-state index < -0.39 is 22.0 Å². The second kappa shape index (κ2) is 12.6. The second-order valence-corrected chi connectivity index (χ2v) is 11.6. The van der Waals surface area contributed by atoms with Gasteiger partial charge < -0.3 is 4.57 Å². The molecule has 5 aromatic rings. The minimum Gasteiger partial charge on any atom is -0.342 e. The number of para-hydroxylation sites is 1. The molecule has 42 heavy (non-hydrogen) atoms. The number of aromatic nitrogens is 1. The second-order valence-electron chi connectivity index (χ2n) is 9.89. The number of aryl methyl sites for hydroxylation is 1. The molecule has 5 rings (SSSR count). The summed E-state index contributed by atoms with van der Waals surface area (Å²) in [5, 5.41) is 14.6. The van der Waals surface area contributed by atoms with Crippen molar-refractivity contribution in [3.63, 3.8) is 0 Å². The van der Waals surface area contributed by atoms with E-state index in [9.17, 15) is 18.5 Å². The summed E-state index contributed by atoms with van der Waals surface area (Å²) < 4.78 is 30.9. The van der Waals surface area contributed by atoms with E-state index in [4.69, 9.17) is 0 Å². The maximum atomic E-state index is 13.1. The highest BCUT2D eigenvalue weighted by Crippen LogP contribution is 2.23. The van der Waals surface area contributed by atoms with Crippen molar-refractivity contribution in [3.05, 3.63) is 137 Å². The summed E-state index contributed by atoms with van der Waals surface area (Å²) in [4.78, 5) is 13.1. The molecule has 0 unspecified atom stereocenters. The molecule has 1 heterocycles. The van der Waals surface area contributed by atoms with Crippen molar-refractivity contribution in [2.24, 2.45) is 5.10 Å². The molecule has 0 spiro atoms. The minimum atomic E-state index is -3.88. The SMILES string of the molecule is Cc1ccc(S(=O)(=O)N[C@H](CC(=O)N/N=C\c2cn(Cc3ccccc3C#N)c3ccccc23)c2ccccc2)cc1. The van der Waals surface area contributed by atoms with Crippen LogP contribution in [0.1, 0.15) is 40.3 Å².